The normalized spacial score (nSPS) is 12.0. The van der Waals surface area contributed by atoms with E-state index in [1.54, 1.807) is 24.3 Å². The molecule has 31 heavy (non-hydrogen) atoms. The van der Waals surface area contributed by atoms with Crippen LogP contribution in [-0.4, -0.2) is 0 Å². The zero-order valence-corrected chi connectivity index (χ0v) is 16.8. The van der Waals surface area contributed by atoms with E-state index in [0.717, 1.165) is 18.1 Å². The number of halogens is 5. The molecule has 0 amide bonds. The lowest BCUT2D eigenvalue weighted by atomic mass is 9.98. The highest BCUT2D eigenvalue weighted by Gasteiger charge is 2.22. The number of hydrogen-bond donors (Lipinski definition) is 0. The molecule has 0 aliphatic rings. The maximum Gasteiger partial charge on any atom is 0.169 e. The van der Waals surface area contributed by atoms with Gasteiger partial charge in [-0.25, -0.2) is 22.0 Å². The van der Waals surface area contributed by atoms with Crippen molar-refractivity contribution in [2.75, 3.05) is 0 Å². The largest absolute Gasteiger partial charge is 0.205 e. The van der Waals surface area contributed by atoms with Gasteiger partial charge < -0.3 is 0 Å². The van der Waals surface area contributed by atoms with E-state index >= 15 is 0 Å². The summed E-state index contributed by atoms with van der Waals surface area (Å²) in [6.07, 6.45) is 5.36. The molecule has 0 nitrogen and oxygen atoms in total. The van der Waals surface area contributed by atoms with Gasteiger partial charge in [-0.1, -0.05) is 42.5 Å². The maximum absolute atomic E-state index is 15.0. The van der Waals surface area contributed by atoms with E-state index in [0.29, 0.717) is 12.8 Å². The van der Waals surface area contributed by atoms with Gasteiger partial charge in [0.2, 0.25) is 0 Å². The predicted octanol–water partition coefficient (Wildman–Crippen LogP) is 8.26. The first kappa shape index (κ1) is 22.5. The molecule has 3 rings (SSSR count). The van der Waals surface area contributed by atoms with Crippen molar-refractivity contribution in [2.45, 2.75) is 25.7 Å². The Morgan fingerprint density at radius 3 is 2.03 bits per heavy atom. The molecule has 0 unspecified atom stereocenters. The van der Waals surface area contributed by atoms with Gasteiger partial charge in [0.15, 0.2) is 23.3 Å². The Morgan fingerprint density at radius 1 is 0.742 bits per heavy atom. The summed E-state index contributed by atoms with van der Waals surface area (Å²) in [5.41, 5.74) is 0.137. The second-order valence-corrected chi connectivity index (χ2v) is 7.17. The third-order valence-corrected chi connectivity index (χ3v) is 5.09. The molecular formula is C26H21F5. The highest BCUT2D eigenvalue weighted by molar-refractivity contribution is 5.91. The van der Waals surface area contributed by atoms with Crippen LogP contribution in [0.5, 0.6) is 0 Å². The summed E-state index contributed by atoms with van der Waals surface area (Å²) in [6, 6.07) is 9.64. The van der Waals surface area contributed by atoms with Crippen LogP contribution >= 0.6 is 0 Å². The first-order chi connectivity index (χ1) is 14.9. The standard InChI is InChI=1S/C26H21F5/c1-3-5-7-16-9-11-17(12-10-16)22(27)25(30)20-14-13-18-15-19(8-6-4-2)23(28)26(31)21(18)24(20)29/h3-4,9-15H,1-2,5-8H2. The van der Waals surface area contributed by atoms with Gasteiger partial charge in [-0.05, 0) is 54.3 Å². The summed E-state index contributed by atoms with van der Waals surface area (Å²) in [4.78, 5) is 0. The van der Waals surface area contributed by atoms with Crippen molar-refractivity contribution in [1.29, 1.82) is 0 Å². The lowest BCUT2D eigenvalue weighted by molar-refractivity contribution is 0.502. The second kappa shape index (κ2) is 9.73. The van der Waals surface area contributed by atoms with Gasteiger partial charge in [-0.15, -0.1) is 13.2 Å². The van der Waals surface area contributed by atoms with Crippen molar-refractivity contribution in [3.05, 3.63) is 107 Å². The zero-order valence-electron chi connectivity index (χ0n) is 16.8. The first-order valence-corrected chi connectivity index (χ1v) is 9.84. The Labute approximate surface area is 178 Å². The number of benzene rings is 3. The molecule has 0 saturated carbocycles. The van der Waals surface area contributed by atoms with Crippen molar-refractivity contribution < 1.29 is 22.0 Å². The Morgan fingerprint density at radius 2 is 1.39 bits per heavy atom. The fourth-order valence-electron chi connectivity index (χ4n) is 3.38. The lowest BCUT2D eigenvalue weighted by Crippen LogP contribution is -2.00. The molecule has 3 aromatic rings. The van der Waals surface area contributed by atoms with Crippen LogP contribution in [0.2, 0.25) is 0 Å². The van der Waals surface area contributed by atoms with Gasteiger partial charge in [0, 0.05) is 11.1 Å². The van der Waals surface area contributed by atoms with Crippen LogP contribution < -0.4 is 0 Å². The van der Waals surface area contributed by atoms with E-state index in [9.17, 15) is 22.0 Å². The van der Waals surface area contributed by atoms with Gasteiger partial charge in [0.25, 0.3) is 0 Å². The number of fused-ring (bicyclic) bond motifs is 1. The summed E-state index contributed by atoms with van der Waals surface area (Å²) in [5, 5.41) is -0.640. The summed E-state index contributed by atoms with van der Waals surface area (Å²) in [5.74, 6) is -6.73. The number of aryl methyl sites for hydroxylation is 2. The highest BCUT2D eigenvalue weighted by atomic mass is 19.2. The summed E-state index contributed by atoms with van der Waals surface area (Å²) in [6.45, 7) is 7.16. The van der Waals surface area contributed by atoms with Crippen LogP contribution in [0, 0.1) is 17.5 Å². The number of allylic oxidation sites excluding steroid dienone is 2. The Kier molecular flexibility index (Phi) is 7.06. The average molecular weight is 428 g/mol. The van der Waals surface area contributed by atoms with E-state index in [4.69, 9.17) is 0 Å². The molecule has 0 aliphatic carbocycles. The van der Waals surface area contributed by atoms with Crippen LogP contribution in [0.15, 0.2) is 67.8 Å². The lowest BCUT2D eigenvalue weighted by Gasteiger charge is -2.11. The molecule has 0 radical (unpaired) electrons. The molecule has 0 aromatic heterocycles. The fourth-order valence-corrected chi connectivity index (χ4v) is 3.38. The van der Waals surface area contributed by atoms with Crippen molar-refractivity contribution in [1.82, 2.24) is 0 Å². The number of rotatable bonds is 8. The van der Waals surface area contributed by atoms with Crippen molar-refractivity contribution in [3.8, 4) is 0 Å². The summed E-state index contributed by atoms with van der Waals surface area (Å²) < 4.78 is 73.4. The monoisotopic (exact) mass is 428 g/mol. The second-order valence-electron chi connectivity index (χ2n) is 7.17. The molecule has 0 spiro atoms. The van der Waals surface area contributed by atoms with Crippen molar-refractivity contribution in [2.24, 2.45) is 0 Å². The minimum absolute atomic E-state index is 0.0655. The maximum atomic E-state index is 15.0. The predicted molar refractivity (Wildman–Crippen MR) is 116 cm³/mol. The molecule has 3 aromatic carbocycles. The fraction of sp³-hybridized carbons (Fsp3) is 0.154. The topological polar surface area (TPSA) is 0 Å². The van der Waals surface area contributed by atoms with Gasteiger partial charge in [0.1, 0.15) is 5.82 Å². The zero-order chi connectivity index (χ0) is 22.5. The quantitative estimate of drug-likeness (QED) is 0.192. The molecule has 0 heterocycles. The smallest absolute Gasteiger partial charge is 0.169 e. The third kappa shape index (κ3) is 4.61. The van der Waals surface area contributed by atoms with Gasteiger partial charge >= 0.3 is 0 Å². The molecule has 5 heteroatoms. The Hall–Kier alpha value is -3.21. The average Bonchev–Trinajstić information content (AvgIpc) is 2.78. The van der Waals surface area contributed by atoms with E-state index in [-0.39, 0.29) is 22.9 Å². The van der Waals surface area contributed by atoms with Crippen LogP contribution in [0.1, 0.15) is 35.1 Å². The molecule has 160 valence electrons. The minimum Gasteiger partial charge on any atom is -0.205 e. The van der Waals surface area contributed by atoms with E-state index in [1.807, 2.05) is 0 Å². The van der Waals surface area contributed by atoms with Crippen LogP contribution in [0.4, 0.5) is 22.0 Å². The molecule has 0 aliphatic heterocycles. The molecule has 0 atom stereocenters. The van der Waals surface area contributed by atoms with E-state index in [2.05, 4.69) is 13.2 Å². The van der Waals surface area contributed by atoms with Gasteiger partial charge in [-0.2, -0.15) is 0 Å². The molecule has 0 bridgehead atoms. The van der Waals surface area contributed by atoms with Gasteiger partial charge in [-0.3, -0.25) is 0 Å². The summed E-state index contributed by atoms with van der Waals surface area (Å²) >= 11 is 0. The molecule has 0 N–H and O–H groups in total. The van der Waals surface area contributed by atoms with Crippen molar-refractivity contribution in [3.63, 3.8) is 0 Å². The van der Waals surface area contributed by atoms with Crippen molar-refractivity contribution >= 4 is 22.4 Å². The minimum atomic E-state index is -1.48. The molecule has 0 fully saturated rings. The Bertz CT molecular complexity index is 1160. The van der Waals surface area contributed by atoms with Crippen LogP contribution in [0.25, 0.3) is 22.4 Å². The van der Waals surface area contributed by atoms with E-state index < -0.39 is 40.1 Å². The molecular weight excluding hydrogens is 407 g/mol. The SMILES string of the molecule is C=CCCc1ccc(C(F)=C(F)c2ccc3cc(CCC=C)c(F)c(F)c3c2F)cc1. The number of hydrogen-bond acceptors (Lipinski definition) is 0. The van der Waals surface area contributed by atoms with Gasteiger partial charge in [0.05, 0.1) is 5.39 Å². The molecule has 0 saturated heterocycles. The third-order valence-electron chi connectivity index (χ3n) is 5.09. The first-order valence-electron chi connectivity index (χ1n) is 9.84. The van der Waals surface area contributed by atoms with E-state index in [1.165, 1.54) is 24.3 Å². The van der Waals surface area contributed by atoms with Crippen LogP contribution in [0.3, 0.4) is 0 Å². The summed E-state index contributed by atoms with van der Waals surface area (Å²) in [7, 11) is 0. The van der Waals surface area contributed by atoms with Crippen LogP contribution in [-0.2, 0) is 12.8 Å². The highest BCUT2D eigenvalue weighted by Crippen LogP contribution is 2.35. The Balaban J connectivity index is 2.05.